The molecule has 0 aromatic carbocycles. The van der Waals surface area contributed by atoms with Crippen LogP contribution in [0.3, 0.4) is 0 Å². The zero-order valence-electron chi connectivity index (χ0n) is 13.7. The van der Waals surface area contributed by atoms with Gasteiger partial charge in [0.05, 0.1) is 12.7 Å². The molecule has 19 heavy (non-hydrogen) atoms. The van der Waals surface area contributed by atoms with Gasteiger partial charge in [0.15, 0.2) is 0 Å². The van der Waals surface area contributed by atoms with Gasteiger partial charge >= 0.3 is 0 Å². The van der Waals surface area contributed by atoms with Gasteiger partial charge in [0, 0.05) is 13.2 Å². The van der Waals surface area contributed by atoms with Crippen LogP contribution in [-0.2, 0) is 18.9 Å². The van der Waals surface area contributed by atoms with Gasteiger partial charge in [-0.15, -0.1) is 0 Å². The van der Waals surface area contributed by atoms with Crippen molar-refractivity contribution in [2.75, 3.05) is 19.8 Å². The van der Waals surface area contributed by atoms with Crippen LogP contribution >= 0.6 is 0 Å². The van der Waals surface area contributed by atoms with Crippen LogP contribution in [0, 0.1) is 0 Å². The van der Waals surface area contributed by atoms with Crippen molar-refractivity contribution in [3.8, 4) is 0 Å². The topological polar surface area (TPSA) is 36.9 Å². The van der Waals surface area contributed by atoms with E-state index in [1.807, 2.05) is 41.5 Å². The SMILES string of the molecule is CC.CCCC1COC(C)(OCC)C(C)(OCC)O1. The third-order valence-corrected chi connectivity index (χ3v) is 3.21. The lowest BCUT2D eigenvalue weighted by atomic mass is 10.1. The Labute approximate surface area is 118 Å². The molecule has 4 nitrogen and oxygen atoms in total. The molecular weight excluding hydrogens is 244 g/mol. The Balaban J connectivity index is 0.00000154. The van der Waals surface area contributed by atoms with Crippen LogP contribution < -0.4 is 0 Å². The lowest BCUT2D eigenvalue weighted by Gasteiger charge is -2.49. The van der Waals surface area contributed by atoms with E-state index in [2.05, 4.69) is 6.92 Å². The molecule has 0 aromatic heterocycles. The molecule has 3 atom stereocenters. The Morgan fingerprint density at radius 3 is 2.00 bits per heavy atom. The highest BCUT2D eigenvalue weighted by Crippen LogP contribution is 2.38. The van der Waals surface area contributed by atoms with Crippen molar-refractivity contribution in [3.05, 3.63) is 0 Å². The van der Waals surface area contributed by atoms with Crippen LogP contribution in [0.15, 0.2) is 0 Å². The van der Waals surface area contributed by atoms with Gasteiger partial charge in [-0.1, -0.05) is 27.2 Å². The molecule has 1 heterocycles. The van der Waals surface area contributed by atoms with E-state index in [0.717, 1.165) is 12.8 Å². The van der Waals surface area contributed by atoms with Gasteiger partial charge in [-0.3, -0.25) is 0 Å². The van der Waals surface area contributed by atoms with E-state index in [-0.39, 0.29) is 6.10 Å². The predicted octanol–water partition coefficient (Wildman–Crippen LogP) is 3.73. The van der Waals surface area contributed by atoms with Gasteiger partial charge in [-0.05, 0) is 34.1 Å². The lowest BCUT2D eigenvalue weighted by molar-refractivity contribution is -0.439. The Morgan fingerprint density at radius 1 is 1.00 bits per heavy atom. The summed E-state index contributed by atoms with van der Waals surface area (Å²) in [5, 5.41) is 0. The highest BCUT2D eigenvalue weighted by atomic mass is 16.8. The molecule has 1 fully saturated rings. The van der Waals surface area contributed by atoms with Crippen LogP contribution in [0.1, 0.15) is 61.3 Å². The quantitative estimate of drug-likeness (QED) is 0.740. The van der Waals surface area contributed by atoms with Crippen LogP contribution in [0.2, 0.25) is 0 Å². The Bertz CT molecular complexity index is 234. The third-order valence-electron chi connectivity index (χ3n) is 3.21. The first kappa shape index (κ1) is 18.8. The average molecular weight is 276 g/mol. The maximum atomic E-state index is 6.05. The minimum Gasteiger partial charge on any atom is -0.346 e. The monoisotopic (exact) mass is 276 g/mol. The standard InChI is InChI=1S/C13H26O4.C2H6/c1-6-9-11-10-16-12(4,14-7-2)13(5,17-11)15-8-3;1-2/h11H,6-10H2,1-5H3;1-2H3. The smallest absolute Gasteiger partial charge is 0.220 e. The van der Waals surface area contributed by atoms with Gasteiger partial charge in [0.2, 0.25) is 11.6 Å². The van der Waals surface area contributed by atoms with Crippen molar-refractivity contribution < 1.29 is 18.9 Å². The summed E-state index contributed by atoms with van der Waals surface area (Å²) in [5.74, 6) is -1.67. The molecule has 0 amide bonds. The summed E-state index contributed by atoms with van der Waals surface area (Å²) in [6, 6.07) is 0. The second kappa shape index (κ2) is 8.90. The molecule has 4 heteroatoms. The molecule has 0 spiro atoms. The molecule has 0 N–H and O–H groups in total. The lowest BCUT2D eigenvalue weighted by Crippen LogP contribution is -2.63. The van der Waals surface area contributed by atoms with Gasteiger partial charge in [-0.25, -0.2) is 0 Å². The number of ether oxygens (including phenoxy) is 4. The van der Waals surface area contributed by atoms with Crippen LogP contribution in [0.4, 0.5) is 0 Å². The molecule has 0 radical (unpaired) electrons. The fraction of sp³-hybridized carbons (Fsp3) is 1.00. The highest BCUT2D eigenvalue weighted by Gasteiger charge is 2.53. The number of hydrogen-bond donors (Lipinski definition) is 0. The summed E-state index contributed by atoms with van der Waals surface area (Å²) < 4.78 is 23.4. The molecule has 3 unspecified atom stereocenters. The number of hydrogen-bond acceptors (Lipinski definition) is 4. The Kier molecular flexibility index (Phi) is 8.83. The normalized spacial score (nSPS) is 34.6. The summed E-state index contributed by atoms with van der Waals surface area (Å²) in [5.41, 5.74) is 0. The zero-order valence-corrected chi connectivity index (χ0v) is 13.7. The first-order chi connectivity index (χ1) is 9.01. The molecule has 0 bridgehead atoms. The van der Waals surface area contributed by atoms with Gasteiger partial charge in [0.1, 0.15) is 0 Å². The van der Waals surface area contributed by atoms with Crippen LogP contribution in [-0.4, -0.2) is 37.5 Å². The van der Waals surface area contributed by atoms with E-state index in [9.17, 15) is 0 Å². The zero-order chi connectivity index (χ0) is 14.9. The molecular formula is C15H32O4. The fourth-order valence-electron chi connectivity index (χ4n) is 2.20. The minimum absolute atomic E-state index is 0.0880. The van der Waals surface area contributed by atoms with E-state index in [1.54, 1.807) is 0 Å². The molecule has 116 valence electrons. The van der Waals surface area contributed by atoms with E-state index >= 15 is 0 Å². The predicted molar refractivity (Wildman–Crippen MR) is 77.1 cm³/mol. The molecule has 0 aromatic rings. The van der Waals surface area contributed by atoms with Gasteiger partial charge in [0.25, 0.3) is 0 Å². The van der Waals surface area contributed by atoms with Gasteiger partial charge in [-0.2, -0.15) is 0 Å². The summed E-state index contributed by atoms with van der Waals surface area (Å²) >= 11 is 0. The molecule has 0 aliphatic carbocycles. The van der Waals surface area contributed by atoms with Crippen molar-refractivity contribution in [1.29, 1.82) is 0 Å². The van der Waals surface area contributed by atoms with Crippen LogP contribution in [0.5, 0.6) is 0 Å². The van der Waals surface area contributed by atoms with E-state index in [4.69, 9.17) is 18.9 Å². The summed E-state index contributed by atoms with van der Waals surface area (Å²) in [4.78, 5) is 0. The summed E-state index contributed by atoms with van der Waals surface area (Å²) in [6.45, 7) is 15.5. The Hall–Kier alpha value is -0.160. The fourth-order valence-corrected chi connectivity index (χ4v) is 2.20. The van der Waals surface area contributed by atoms with E-state index < -0.39 is 11.6 Å². The molecule has 1 aliphatic heterocycles. The maximum absolute atomic E-state index is 6.05. The third kappa shape index (κ3) is 4.71. The molecule has 1 rings (SSSR count). The summed E-state index contributed by atoms with van der Waals surface area (Å²) in [7, 11) is 0. The van der Waals surface area contributed by atoms with Crippen molar-refractivity contribution in [2.24, 2.45) is 0 Å². The van der Waals surface area contributed by atoms with E-state index in [0.29, 0.717) is 19.8 Å². The second-order valence-corrected chi connectivity index (χ2v) is 4.60. The van der Waals surface area contributed by atoms with Crippen molar-refractivity contribution >= 4 is 0 Å². The summed E-state index contributed by atoms with van der Waals surface area (Å²) in [6.07, 6.45) is 2.14. The largest absolute Gasteiger partial charge is 0.346 e. The van der Waals surface area contributed by atoms with Gasteiger partial charge < -0.3 is 18.9 Å². The van der Waals surface area contributed by atoms with Crippen molar-refractivity contribution in [3.63, 3.8) is 0 Å². The first-order valence-corrected chi connectivity index (χ1v) is 7.61. The van der Waals surface area contributed by atoms with Crippen molar-refractivity contribution in [2.45, 2.75) is 79.0 Å². The average Bonchev–Trinajstić information content (AvgIpc) is 2.38. The molecule has 1 saturated heterocycles. The number of rotatable bonds is 6. The maximum Gasteiger partial charge on any atom is 0.220 e. The molecule has 0 saturated carbocycles. The highest BCUT2D eigenvalue weighted by molar-refractivity contribution is 4.87. The molecule has 1 aliphatic rings. The first-order valence-electron chi connectivity index (χ1n) is 7.61. The van der Waals surface area contributed by atoms with Crippen molar-refractivity contribution in [1.82, 2.24) is 0 Å². The minimum atomic E-state index is -0.837. The Morgan fingerprint density at radius 2 is 1.53 bits per heavy atom. The second-order valence-electron chi connectivity index (χ2n) is 4.60. The van der Waals surface area contributed by atoms with Crippen LogP contribution in [0.25, 0.3) is 0 Å². The van der Waals surface area contributed by atoms with E-state index in [1.165, 1.54) is 0 Å².